The number of benzene rings is 1. The van der Waals surface area contributed by atoms with Crippen LogP contribution in [0.3, 0.4) is 0 Å². The molecule has 0 unspecified atom stereocenters. The van der Waals surface area contributed by atoms with E-state index in [0.29, 0.717) is 32.2 Å². The summed E-state index contributed by atoms with van der Waals surface area (Å²) in [6, 6.07) is 9.64. The van der Waals surface area contributed by atoms with E-state index in [1.54, 1.807) is 4.90 Å². The topological polar surface area (TPSA) is 92.9 Å². The second-order valence-corrected chi connectivity index (χ2v) is 7.79. The molecule has 0 bridgehead atoms. The Bertz CT molecular complexity index is 602. The van der Waals surface area contributed by atoms with E-state index in [0.717, 1.165) is 5.56 Å². The summed E-state index contributed by atoms with van der Waals surface area (Å²) < 4.78 is 5.56. The SMILES string of the molecule is CC(C)(C)OC(=O)N(Cc1ccccc1)C1CCC(N)(C(=O)O)CC1. The van der Waals surface area contributed by atoms with Gasteiger partial charge in [0.2, 0.25) is 0 Å². The summed E-state index contributed by atoms with van der Waals surface area (Å²) in [4.78, 5) is 25.8. The van der Waals surface area contributed by atoms with Crippen molar-refractivity contribution in [2.45, 2.75) is 70.2 Å². The average Bonchev–Trinajstić information content (AvgIpc) is 2.53. The van der Waals surface area contributed by atoms with Gasteiger partial charge in [0.15, 0.2) is 0 Å². The van der Waals surface area contributed by atoms with Gasteiger partial charge >= 0.3 is 12.1 Å². The molecule has 0 atom stereocenters. The Morgan fingerprint density at radius 1 is 1.24 bits per heavy atom. The van der Waals surface area contributed by atoms with Gasteiger partial charge in [0.25, 0.3) is 0 Å². The summed E-state index contributed by atoms with van der Waals surface area (Å²) in [5.41, 5.74) is 5.20. The number of amides is 1. The molecule has 1 aliphatic rings. The molecule has 1 aromatic rings. The molecule has 6 nitrogen and oxygen atoms in total. The van der Waals surface area contributed by atoms with Crippen LogP contribution in [-0.2, 0) is 16.1 Å². The first-order valence-corrected chi connectivity index (χ1v) is 8.66. The van der Waals surface area contributed by atoms with Crippen LogP contribution in [0.25, 0.3) is 0 Å². The average molecular weight is 348 g/mol. The van der Waals surface area contributed by atoms with Crippen molar-refractivity contribution in [3.63, 3.8) is 0 Å². The van der Waals surface area contributed by atoms with Gasteiger partial charge in [0.1, 0.15) is 11.1 Å². The number of aliphatic carboxylic acids is 1. The van der Waals surface area contributed by atoms with Crippen molar-refractivity contribution >= 4 is 12.1 Å². The number of carboxylic acids is 1. The number of carbonyl (C=O) groups is 2. The molecular formula is C19H28N2O4. The molecule has 0 aromatic heterocycles. The highest BCUT2D eigenvalue weighted by molar-refractivity contribution is 5.78. The number of hydrogen-bond donors (Lipinski definition) is 2. The molecule has 1 aliphatic carbocycles. The highest BCUT2D eigenvalue weighted by Gasteiger charge is 2.41. The van der Waals surface area contributed by atoms with Gasteiger partial charge in [-0.3, -0.25) is 4.79 Å². The Morgan fingerprint density at radius 2 is 1.80 bits per heavy atom. The molecule has 1 aromatic carbocycles. The summed E-state index contributed by atoms with van der Waals surface area (Å²) >= 11 is 0. The molecular weight excluding hydrogens is 320 g/mol. The van der Waals surface area contributed by atoms with Crippen molar-refractivity contribution in [2.24, 2.45) is 5.73 Å². The number of rotatable bonds is 4. The van der Waals surface area contributed by atoms with Gasteiger partial charge in [-0.2, -0.15) is 0 Å². The molecule has 3 N–H and O–H groups in total. The zero-order chi connectivity index (χ0) is 18.7. The Kier molecular flexibility index (Phi) is 5.72. The number of carboxylic acid groups (broad SMARTS) is 1. The van der Waals surface area contributed by atoms with Gasteiger partial charge in [-0.15, -0.1) is 0 Å². The maximum atomic E-state index is 12.7. The summed E-state index contributed by atoms with van der Waals surface area (Å²) in [6.45, 7) is 5.94. The van der Waals surface area contributed by atoms with Crippen molar-refractivity contribution in [3.8, 4) is 0 Å². The second kappa shape index (κ2) is 7.44. The van der Waals surface area contributed by atoms with E-state index in [9.17, 15) is 14.7 Å². The van der Waals surface area contributed by atoms with Crippen LogP contribution in [0.4, 0.5) is 4.79 Å². The predicted molar refractivity (Wildman–Crippen MR) is 95.0 cm³/mol. The third kappa shape index (κ3) is 5.19. The minimum atomic E-state index is -1.19. The number of hydrogen-bond acceptors (Lipinski definition) is 4. The smallest absolute Gasteiger partial charge is 0.410 e. The third-order valence-electron chi connectivity index (χ3n) is 4.54. The summed E-state index contributed by atoms with van der Waals surface area (Å²) in [7, 11) is 0. The fraction of sp³-hybridized carbons (Fsp3) is 0.579. The van der Waals surface area contributed by atoms with Crippen molar-refractivity contribution < 1.29 is 19.4 Å². The standard InChI is InChI=1S/C19H28N2O4/c1-18(2,3)25-17(24)21(13-14-7-5-4-6-8-14)15-9-11-19(20,12-10-15)16(22)23/h4-8,15H,9-13,20H2,1-3H3,(H,22,23). The van der Waals surface area contributed by atoms with E-state index in [-0.39, 0.29) is 12.1 Å². The molecule has 2 rings (SSSR count). The molecule has 0 saturated heterocycles. The molecule has 0 aliphatic heterocycles. The summed E-state index contributed by atoms with van der Waals surface area (Å²) in [5, 5.41) is 9.29. The fourth-order valence-corrected chi connectivity index (χ4v) is 3.09. The minimum absolute atomic E-state index is 0.0777. The van der Waals surface area contributed by atoms with E-state index in [1.807, 2.05) is 51.1 Å². The van der Waals surface area contributed by atoms with Crippen LogP contribution in [0.15, 0.2) is 30.3 Å². The molecule has 0 spiro atoms. The molecule has 1 fully saturated rings. The van der Waals surface area contributed by atoms with Crippen LogP contribution in [0.2, 0.25) is 0 Å². The summed E-state index contributed by atoms with van der Waals surface area (Å²) in [5.74, 6) is -0.974. The van der Waals surface area contributed by atoms with E-state index in [4.69, 9.17) is 10.5 Å². The molecule has 1 saturated carbocycles. The van der Waals surface area contributed by atoms with Crippen molar-refractivity contribution in [2.75, 3.05) is 0 Å². The Morgan fingerprint density at radius 3 is 2.28 bits per heavy atom. The lowest BCUT2D eigenvalue weighted by atomic mass is 9.79. The molecule has 138 valence electrons. The lowest BCUT2D eigenvalue weighted by Gasteiger charge is -2.40. The Balaban J connectivity index is 2.14. The van der Waals surface area contributed by atoms with Gasteiger partial charge in [0.05, 0.1) is 0 Å². The number of nitrogens with zero attached hydrogens (tertiary/aromatic N) is 1. The molecule has 25 heavy (non-hydrogen) atoms. The van der Waals surface area contributed by atoms with Crippen LogP contribution in [0, 0.1) is 0 Å². The van der Waals surface area contributed by atoms with Crippen LogP contribution < -0.4 is 5.73 Å². The van der Waals surface area contributed by atoms with Gasteiger partial charge in [-0.05, 0) is 52.0 Å². The van der Waals surface area contributed by atoms with E-state index >= 15 is 0 Å². The quantitative estimate of drug-likeness (QED) is 0.872. The monoisotopic (exact) mass is 348 g/mol. The Hall–Kier alpha value is -2.08. The minimum Gasteiger partial charge on any atom is -0.480 e. The second-order valence-electron chi connectivity index (χ2n) is 7.79. The van der Waals surface area contributed by atoms with Crippen molar-refractivity contribution in [3.05, 3.63) is 35.9 Å². The van der Waals surface area contributed by atoms with Crippen molar-refractivity contribution in [1.29, 1.82) is 0 Å². The largest absolute Gasteiger partial charge is 0.480 e. The first kappa shape index (κ1) is 19.2. The number of ether oxygens (including phenoxy) is 1. The number of nitrogens with two attached hydrogens (primary N) is 1. The predicted octanol–water partition coefficient (Wildman–Crippen LogP) is 3.15. The van der Waals surface area contributed by atoms with Gasteiger partial charge in [-0.25, -0.2) is 4.79 Å². The molecule has 6 heteroatoms. The maximum Gasteiger partial charge on any atom is 0.410 e. The molecule has 1 amide bonds. The summed E-state index contributed by atoms with van der Waals surface area (Å²) in [6.07, 6.45) is 1.42. The van der Waals surface area contributed by atoms with E-state index in [2.05, 4.69) is 0 Å². The third-order valence-corrected chi connectivity index (χ3v) is 4.54. The first-order chi connectivity index (χ1) is 11.6. The number of carbonyl (C=O) groups excluding carboxylic acids is 1. The van der Waals surface area contributed by atoms with Gasteiger partial charge < -0.3 is 20.5 Å². The molecule has 0 heterocycles. The van der Waals surface area contributed by atoms with Gasteiger partial charge in [-0.1, -0.05) is 30.3 Å². The molecule has 0 radical (unpaired) electrons. The van der Waals surface area contributed by atoms with E-state index in [1.165, 1.54) is 0 Å². The van der Waals surface area contributed by atoms with E-state index < -0.39 is 17.1 Å². The van der Waals surface area contributed by atoms with Gasteiger partial charge in [0, 0.05) is 12.6 Å². The van der Waals surface area contributed by atoms with Crippen LogP contribution >= 0.6 is 0 Å². The van der Waals surface area contributed by atoms with Crippen molar-refractivity contribution in [1.82, 2.24) is 4.90 Å². The van der Waals surface area contributed by atoms with Crippen LogP contribution in [-0.4, -0.2) is 39.3 Å². The normalized spacial score (nSPS) is 23.8. The zero-order valence-corrected chi connectivity index (χ0v) is 15.2. The fourth-order valence-electron chi connectivity index (χ4n) is 3.09. The lowest BCUT2D eigenvalue weighted by molar-refractivity contribution is -0.145. The zero-order valence-electron chi connectivity index (χ0n) is 15.2. The maximum absolute atomic E-state index is 12.7. The van der Waals surface area contributed by atoms with Crippen LogP contribution in [0.1, 0.15) is 52.0 Å². The Labute approximate surface area is 149 Å². The lowest BCUT2D eigenvalue weighted by Crippen LogP contribution is -2.54. The highest BCUT2D eigenvalue weighted by atomic mass is 16.6. The van der Waals surface area contributed by atoms with Crippen LogP contribution in [0.5, 0.6) is 0 Å². The highest BCUT2D eigenvalue weighted by Crippen LogP contribution is 2.31. The first-order valence-electron chi connectivity index (χ1n) is 8.66.